The highest BCUT2D eigenvalue weighted by Gasteiger charge is 2.05. The maximum absolute atomic E-state index is 5.62. The third-order valence-corrected chi connectivity index (χ3v) is 4.12. The van der Waals surface area contributed by atoms with Gasteiger partial charge < -0.3 is 10.5 Å². The zero-order valence-electron chi connectivity index (χ0n) is 10.6. The average Bonchev–Trinajstić information content (AvgIpc) is 2.95. The summed E-state index contributed by atoms with van der Waals surface area (Å²) in [6.45, 7) is 0.544. The van der Waals surface area contributed by atoms with Gasteiger partial charge in [-0.2, -0.15) is 0 Å². The second-order valence-electron chi connectivity index (χ2n) is 4.26. The predicted octanol–water partition coefficient (Wildman–Crippen LogP) is 3.43. The molecule has 2 aromatic carbocycles. The Kier molecular flexibility index (Phi) is 3.19. The summed E-state index contributed by atoms with van der Waals surface area (Å²) >= 11 is 1.64. The van der Waals surface area contributed by atoms with E-state index in [4.69, 9.17) is 10.5 Å². The van der Waals surface area contributed by atoms with Crippen molar-refractivity contribution in [2.24, 2.45) is 5.73 Å². The Hall–Kier alpha value is -1.91. The van der Waals surface area contributed by atoms with E-state index in [1.165, 1.54) is 10.8 Å². The van der Waals surface area contributed by atoms with Crippen molar-refractivity contribution in [2.75, 3.05) is 7.11 Å². The van der Waals surface area contributed by atoms with Gasteiger partial charge in [-0.3, -0.25) is 0 Å². The fourth-order valence-electron chi connectivity index (χ4n) is 2.02. The number of ether oxygens (including phenoxy) is 1. The van der Waals surface area contributed by atoms with Crippen LogP contribution in [0.25, 0.3) is 21.3 Å². The molecule has 0 amide bonds. The minimum Gasteiger partial charge on any atom is -0.497 e. The zero-order chi connectivity index (χ0) is 13.2. The fourth-order valence-corrected chi connectivity index (χ4v) is 2.81. The highest BCUT2D eigenvalue weighted by molar-refractivity contribution is 7.15. The number of thiazole rings is 1. The number of hydrogen-bond acceptors (Lipinski definition) is 4. The molecule has 0 atom stereocenters. The van der Waals surface area contributed by atoms with Crippen molar-refractivity contribution >= 4 is 22.1 Å². The Morgan fingerprint density at radius 3 is 2.68 bits per heavy atom. The minimum atomic E-state index is 0.544. The molecule has 3 aromatic rings. The number of fused-ring (bicyclic) bond motifs is 1. The minimum absolute atomic E-state index is 0.544. The first kappa shape index (κ1) is 12.1. The van der Waals surface area contributed by atoms with Crippen LogP contribution in [-0.2, 0) is 6.54 Å². The van der Waals surface area contributed by atoms with E-state index >= 15 is 0 Å². The van der Waals surface area contributed by atoms with Gasteiger partial charge in [-0.25, -0.2) is 4.98 Å². The molecule has 0 aliphatic heterocycles. The van der Waals surface area contributed by atoms with Gasteiger partial charge in [0.15, 0.2) is 0 Å². The lowest BCUT2D eigenvalue weighted by atomic mass is 10.1. The van der Waals surface area contributed by atoms with Gasteiger partial charge in [-0.15, -0.1) is 11.3 Å². The first-order valence-corrected chi connectivity index (χ1v) is 6.85. The summed E-state index contributed by atoms with van der Waals surface area (Å²) in [6.07, 6.45) is 1.85. The van der Waals surface area contributed by atoms with Gasteiger partial charge in [0.25, 0.3) is 0 Å². The van der Waals surface area contributed by atoms with E-state index in [9.17, 15) is 0 Å². The van der Waals surface area contributed by atoms with E-state index in [2.05, 4.69) is 29.2 Å². The quantitative estimate of drug-likeness (QED) is 0.793. The normalized spacial score (nSPS) is 10.8. The van der Waals surface area contributed by atoms with Gasteiger partial charge in [0.05, 0.1) is 7.11 Å². The molecule has 2 N–H and O–H groups in total. The molecule has 0 aliphatic rings. The molecule has 3 nitrogen and oxygen atoms in total. The van der Waals surface area contributed by atoms with Crippen LogP contribution < -0.4 is 10.5 Å². The summed E-state index contributed by atoms with van der Waals surface area (Å²) in [7, 11) is 1.68. The maximum atomic E-state index is 5.62. The number of rotatable bonds is 3. The molecule has 0 saturated carbocycles. The molecule has 0 saturated heterocycles. The molecule has 3 rings (SSSR count). The average molecular weight is 270 g/mol. The molecular formula is C15H14N2OS. The molecule has 96 valence electrons. The number of methoxy groups -OCH3 is 1. The maximum Gasteiger partial charge on any atom is 0.123 e. The molecule has 0 fully saturated rings. The molecule has 0 aliphatic carbocycles. The van der Waals surface area contributed by atoms with Crippen molar-refractivity contribution in [1.29, 1.82) is 0 Å². The van der Waals surface area contributed by atoms with E-state index in [1.807, 2.05) is 18.3 Å². The van der Waals surface area contributed by atoms with Crippen molar-refractivity contribution < 1.29 is 4.74 Å². The van der Waals surface area contributed by atoms with Gasteiger partial charge >= 0.3 is 0 Å². The first-order valence-electron chi connectivity index (χ1n) is 6.03. The van der Waals surface area contributed by atoms with E-state index in [0.29, 0.717) is 6.54 Å². The van der Waals surface area contributed by atoms with Crippen LogP contribution in [-0.4, -0.2) is 12.1 Å². The van der Waals surface area contributed by atoms with Crippen molar-refractivity contribution in [3.05, 3.63) is 47.5 Å². The van der Waals surface area contributed by atoms with Gasteiger partial charge in [-0.05, 0) is 29.0 Å². The van der Waals surface area contributed by atoms with Crippen LogP contribution in [0.2, 0.25) is 0 Å². The van der Waals surface area contributed by atoms with Gasteiger partial charge in [0.1, 0.15) is 10.8 Å². The molecule has 0 spiro atoms. The molecule has 0 radical (unpaired) electrons. The second kappa shape index (κ2) is 4.99. The summed E-state index contributed by atoms with van der Waals surface area (Å²) in [5, 5.41) is 3.36. The lowest BCUT2D eigenvalue weighted by Crippen LogP contribution is -1.91. The number of hydrogen-bond donors (Lipinski definition) is 1. The first-order chi connectivity index (χ1) is 9.30. The number of nitrogens with zero attached hydrogens (tertiary/aromatic N) is 1. The Morgan fingerprint density at radius 1 is 1.16 bits per heavy atom. The van der Waals surface area contributed by atoms with Crippen molar-refractivity contribution in [2.45, 2.75) is 6.54 Å². The van der Waals surface area contributed by atoms with E-state index in [0.717, 1.165) is 21.2 Å². The van der Waals surface area contributed by atoms with Crippen molar-refractivity contribution in [1.82, 2.24) is 4.98 Å². The van der Waals surface area contributed by atoms with Crippen LogP contribution in [0.4, 0.5) is 0 Å². The molecule has 0 unspecified atom stereocenters. The number of nitrogens with two attached hydrogens (primary N) is 1. The van der Waals surface area contributed by atoms with Gasteiger partial charge in [0, 0.05) is 23.2 Å². The molecule has 1 aromatic heterocycles. The third-order valence-electron chi connectivity index (χ3n) is 3.05. The monoisotopic (exact) mass is 270 g/mol. The molecule has 0 bridgehead atoms. The van der Waals surface area contributed by atoms with Crippen LogP contribution in [0.1, 0.15) is 4.88 Å². The lowest BCUT2D eigenvalue weighted by Gasteiger charge is -2.04. The van der Waals surface area contributed by atoms with Crippen LogP contribution in [0.5, 0.6) is 5.75 Å². The third kappa shape index (κ3) is 2.32. The van der Waals surface area contributed by atoms with E-state index in [1.54, 1.807) is 18.4 Å². The topological polar surface area (TPSA) is 48.1 Å². The molecule has 19 heavy (non-hydrogen) atoms. The highest BCUT2D eigenvalue weighted by Crippen LogP contribution is 2.29. The number of benzene rings is 2. The lowest BCUT2D eigenvalue weighted by molar-refractivity contribution is 0.415. The van der Waals surface area contributed by atoms with Gasteiger partial charge in [0.2, 0.25) is 0 Å². The molecule has 4 heteroatoms. The Labute approximate surface area is 115 Å². The van der Waals surface area contributed by atoms with Crippen molar-refractivity contribution in [3.63, 3.8) is 0 Å². The Morgan fingerprint density at radius 2 is 1.95 bits per heavy atom. The summed E-state index contributed by atoms with van der Waals surface area (Å²) < 4.78 is 5.23. The molecular weight excluding hydrogens is 256 g/mol. The SMILES string of the molecule is COc1ccc2cc(-c3ncc(CN)s3)ccc2c1. The second-order valence-corrected chi connectivity index (χ2v) is 5.38. The van der Waals surface area contributed by atoms with Crippen LogP contribution in [0, 0.1) is 0 Å². The summed E-state index contributed by atoms with van der Waals surface area (Å²) in [4.78, 5) is 5.51. The largest absolute Gasteiger partial charge is 0.497 e. The summed E-state index contributed by atoms with van der Waals surface area (Å²) in [6, 6.07) is 12.4. The Bertz CT molecular complexity index is 721. The van der Waals surface area contributed by atoms with E-state index in [-0.39, 0.29) is 0 Å². The van der Waals surface area contributed by atoms with Crippen LogP contribution in [0.3, 0.4) is 0 Å². The van der Waals surface area contributed by atoms with E-state index < -0.39 is 0 Å². The molecule has 1 heterocycles. The fraction of sp³-hybridized carbons (Fsp3) is 0.133. The van der Waals surface area contributed by atoms with Gasteiger partial charge in [-0.1, -0.05) is 18.2 Å². The highest BCUT2D eigenvalue weighted by atomic mass is 32.1. The van der Waals surface area contributed by atoms with Crippen LogP contribution in [0.15, 0.2) is 42.6 Å². The Balaban J connectivity index is 2.06. The number of aromatic nitrogens is 1. The standard InChI is InChI=1S/C15H14N2OS/c1-18-13-5-4-10-6-12(3-2-11(10)7-13)15-17-9-14(8-16)19-15/h2-7,9H,8,16H2,1H3. The summed E-state index contributed by atoms with van der Waals surface area (Å²) in [5.74, 6) is 0.875. The summed E-state index contributed by atoms with van der Waals surface area (Å²) in [5.41, 5.74) is 6.75. The smallest absolute Gasteiger partial charge is 0.123 e. The van der Waals surface area contributed by atoms with Crippen LogP contribution >= 0.6 is 11.3 Å². The van der Waals surface area contributed by atoms with Crippen molar-refractivity contribution in [3.8, 4) is 16.3 Å². The zero-order valence-corrected chi connectivity index (χ0v) is 11.4. The predicted molar refractivity (Wildman–Crippen MR) is 79.5 cm³/mol.